The van der Waals surface area contributed by atoms with Crippen LogP contribution in [-0.2, 0) is 11.2 Å². The van der Waals surface area contributed by atoms with Gasteiger partial charge in [-0.3, -0.25) is 0 Å². The maximum atomic E-state index is 5.34. The molecule has 1 fully saturated rings. The zero-order valence-electron chi connectivity index (χ0n) is 9.24. The number of hydrogen-bond donors (Lipinski definition) is 1. The summed E-state index contributed by atoms with van der Waals surface area (Å²) in [5.41, 5.74) is 1.46. The molecule has 0 amide bonds. The van der Waals surface area contributed by atoms with Crippen molar-refractivity contribution in [2.45, 2.75) is 12.8 Å². The summed E-state index contributed by atoms with van der Waals surface area (Å²) in [6.45, 7) is 5.56. The molecule has 0 aromatic heterocycles. The summed E-state index contributed by atoms with van der Waals surface area (Å²) >= 11 is 0. The van der Waals surface area contributed by atoms with Gasteiger partial charge in [0, 0.05) is 6.42 Å². The first-order chi connectivity index (χ1) is 7.45. The summed E-state index contributed by atoms with van der Waals surface area (Å²) < 4.78 is 5.34. The molecule has 15 heavy (non-hydrogen) atoms. The molecular weight excluding hydrogens is 186 g/mol. The van der Waals surface area contributed by atoms with Crippen molar-refractivity contribution in [3.63, 3.8) is 0 Å². The first kappa shape index (κ1) is 10.7. The van der Waals surface area contributed by atoms with E-state index in [1.54, 1.807) is 4.90 Å². The maximum Gasteiger partial charge on any atom is 0.101 e. The van der Waals surface area contributed by atoms with E-state index in [1.165, 1.54) is 38.0 Å². The van der Waals surface area contributed by atoms with Crippen LogP contribution in [-0.4, -0.2) is 32.8 Å². The van der Waals surface area contributed by atoms with Crippen LogP contribution in [0.2, 0.25) is 0 Å². The second-order valence-corrected chi connectivity index (χ2v) is 4.20. The van der Waals surface area contributed by atoms with Crippen LogP contribution in [0.1, 0.15) is 12.0 Å². The summed E-state index contributed by atoms with van der Waals surface area (Å²) in [5.74, 6) is 0. The van der Waals surface area contributed by atoms with Gasteiger partial charge in [-0.25, -0.2) is 0 Å². The smallest absolute Gasteiger partial charge is 0.101 e. The van der Waals surface area contributed by atoms with Crippen molar-refractivity contribution in [2.24, 2.45) is 0 Å². The molecule has 1 aromatic rings. The van der Waals surface area contributed by atoms with Gasteiger partial charge >= 0.3 is 0 Å². The molecule has 1 N–H and O–H groups in total. The van der Waals surface area contributed by atoms with Crippen molar-refractivity contribution in [1.82, 2.24) is 0 Å². The normalized spacial score (nSPS) is 17.9. The summed E-state index contributed by atoms with van der Waals surface area (Å²) in [6, 6.07) is 10.8. The van der Waals surface area contributed by atoms with Crippen LogP contribution >= 0.6 is 0 Å². The first-order valence-electron chi connectivity index (χ1n) is 5.90. The summed E-state index contributed by atoms with van der Waals surface area (Å²) in [4.78, 5) is 1.71. The van der Waals surface area contributed by atoms with Crippen LogP contribution in [0.25, 0.3) is 0 Å². The van der Waals surface area contributed by atoms with Crippen molar-refractivity contribution in [3.8, 4) is 0 Å². The minimum atomic E-state index is 0.945. The molecule has 1 heterocycles. The van der Waals surface area contributed by atoms with E-state index in [4.69, 9.17) is 4.74 Å². The average molecular weight is 206 g/mol. The molecule has 0 unspecified atom stereocenters. The van der Waals surface area contributed by atoms with Gasteiger partial charge in [0.05, 0.1) is 19.8 Å². The van der Waals surface area contributed by atoms with Gasteiger partial charge in [0.15, 0.2) is 0 Å². The average Bonchev–Trinajstić information content (AvgIpc) is 2.32. The van der Waals surface area contributed by atoms with Gasteiger partial charge in [-0.2, -0.15) is 0 Å². The zero-order valence-corrected chi connectivity index (χ0v) is 9.24. The van der Waals surface area contributed by atoms with Gasteiger partial charge in [-0.1, -0.05) is 30.3 Å². The summed E-state index contributed by atoms with van der Waals surface area (Å²) in [7, 11) is 0. The number of nitrogens with one attached hydrogen (secondary N) is 1. The van der Waals surface area contributed by atoms with E-state index in [-0.39, 0.29) is 0 Å². The Morgan fingerprint density at radius 1 is 1.07 bits per heavy atom. The Morgan fingerprint density at radius 3 is 2.53 bits per heavy atom. The lowest BCUT2D eigenvalue weighted by molar-refractivity contribution is -0.908. The number of aryl methyl sites for hydroxylation is 1. The maximum absolute atomic E-state index is 5.34. The van der Waals surface area contributed by atoms with Gasteiger partial charge < -0.3 is 9.64 Å². The van der Waals surface area contributed by atoms with Crippen LogP contribution in [0.4, 0.5) is 0 Å². The quantitative estimate of drug-likeness (QED) is 0.759. The number of benzene rings is 1. The van der Waals surface area contributed by atoms with Crippen LogP contribution in [0.15, 0.2) is 30.3 Å². The molecule has 1 aromatic carbocycles. The predicted octanol–water partition coefficient (Wildman–Crippen LogP) is 0.534. The lowest BCUT2D eigenvalue weighted by atomic mass is 10.1. The van der Waals surface area contributed by atoms with E-state index in [1.807, 2.05) is 0 Å². The van der Waals surface area contributed by atoms with Crippen molar-refractivity contribution in [3.05, 3.63) is 35.9 Å². The Balaban J connectivity index is 1.66. The fraction of sp³-hybridized carbons (Fsp3) is 0.538. The van der Waals surface area contributed by atoms with E-state index < -0.39 is 0 Å². The second kappa shape index (κ2) is 5.89. The largest absolute Gasteiger partial charge is 0.370 e. The SMILES string of the molecule is c1ccc(CCC[NH+]2CCOCC2)cc1. The highest BCUT2D eigenvalue weighted by Crippen LogP contribution is 2.00. The standard InChI is InChI=1S/C13H19NO/c1-2-5-13(6-3-1)7-4-8-14-9-11-15-12-10-14/h1-3,5-6H,4,7-12H2/p+1. The molecule has 0 atom stereocenters. The third-order valence-electron chi connectivity index (χ3n) is 3.04. The molecule has 1 saturated heterocycles. The lowest BCUT2D eigenvalue weighted by Gasteiger charge is -2.23. The molecule has 0 saturated carbocycles. The van der Waals surface area contributed by atoms with Crippen molar-refractivity contribution in [2.75, 3.05) is 32.8 Å². The highest BCUT2D eigenvalue weighted by Gasteiger charge is 2.12. The van der Waals surface area contributed by atoms with Gasteiger partial charge in [0.1, 0.15) is 13.1 Å². The van der Waals surface area contributed by atoms with Gasteiger partial charge in [0.25, 0.3) is 0 Å². The Hall–Kier alpha value is -0.860. The molecule has 82 valence electrons. The Bertz CT molecular complexity index is 267. The molecule has 1 aliphatic rings. The second-order valence-electron chi connectivity index (χ2n) is 4.20. The first-order valence-corrected chi connectivity index (χ1v) is 5.90. The molecule has 0 bridgehead atoms. The minimum absolute atomic E-state index is 0.945. The number of hydrogen-bond acceptors (Lipinski definition) is 1. The van der Waals surface area contributed by atoms with Crippen LogP contribution in [0, 0.1) is 0 Å². The molecule has 2 heteroatoms. The topological polar surface area (TPSA) is 13.7 Å². The summed E-state index contributed by atoms with van der Waals surface area (Å²) in [5, 5.41) is 0. The molecular formula is C13H20NO+. The van der Waals surface area contributed by atoms with Crippen LogP contribution in [0.5, 0.6) is 0 Å². The monoisotopic (exact) mass is 206 g/mol. The Kier molecular flexibility index (Phi) is 4.18. The van der Waals surface area contributed by atoms with E-state index >= 15 is 0 Å². The Labute approximate surface area is 91.9 Å². The van der Waals surface area contributed by atoms with Crippen molar-refractivity contribution in [1.29, 1.82) is 0 Å². The molecule has 0 spiro atoms. The van der Waals surface area contributed by atoms with Crippen LogP contribution in [0.3, 0.4) is 0 Å². The van der Waals surface area contributed by atoms with E-state index in [0.717, 1.165) is 13.2 Å². The molecule has 0 radical (unpaired) electrons. The Morgan fingerprint density at radius 2 is 1.80 bits per heavy atom. The summed E-state index contributed by atoms with van der Waals surface area (Å²) in [6.07, 6.45) is 2.50. The van der Waals surface area contributed by atoms with Crippen LogP contribution < -0.4 is 4.90 Å². The third-order valence-corrected chi connectivity index (χ3v) is 3.04. The number of quaternary nitrogens is 1. The molecule has 0 aliphatic carbocycles. The highest BCUT2D eigenvalue weighted by molar-refractivity contribution is 5.14. The molecule has 2 rings (SSSR count). The fourth-order valence-electron chi connectivity index (χ4n) is 2.10. The molecule has 2 nitrogen and oxygen atoms in total. The van der Waals surface area contributed by atoms with E-state index in [2.05, 4.69) is 30.3 Å². The van der Waals surface area contributed by atoms with E-state index in [0.29, 0.717) is 0 Å². The third kappa shape index (κ3) is 3.65. The number of morpholine rings is 1. The zero-order chi connectivity index (χ0) is 10.3. The lowest BCUT2D eigenvalue weighted by Crippen LogP contribution is -3.14. The van der Waals surface area contributed by atoms with Gasteiger partial charge in [-0.05, 0) is 12.0 Å². The molecule has 1 aliphatic heterocycles. The van der Waals surface area contributed by atoms with Crippen molar-refractivity contribution < 1.29 is 9.64 Å². The van der Waals surface area contributed by atoms with Gasteiger partial charge in [-0.15, -0.1) is 0 Å². The van der Waals surface area contributed by atoms with Crippen molar-refractivity contribution >= 4 is 0 Å². The number of ether oxygens (including phenoxy) is 1. The van der Waals surface area contributed by atoms with E-state index in [9.17, 15) is 0 Å². The number of rotatable bonds is 4. The fourth-order valence-corrected chi connectivity index (χ4v) is 2.10. The highest BCUT2D eigenvalue weighted by atomic mass is 16.5. The minimum Gasteiger partial charge on any atom is -0.370 e. The predicted molar refractivity (Wildman–Crippen MR) is 61.1 cm³/mol. The van der Waals surface area contributed by atoms with Gasteiger partial charge in [0.2, 0.25) is 0 Å².